The number of hydrogen-bond acceptors (Lipinski definition) is 2. The van der Waals surface area contributed by atoms with Crippen molar-refractivity contribution in [1.29, 1.82) is 0 Å². The zero-order chi connectivity index (χ0) is 15.8. The van der Waals surface area contributed by atoms with E-state index in [1.54, 1.807) is 11.8 Å². The summed E-state index contributed by atoms with van der Waals surface area (Å²) >= 11 is 1.57. The summed E-state index contributed by atoms with van der Waals surface area (Å²) in [6.45, 7) is 3.17. The largest absolute Gasteiger partial charge is 0.347 e. The quantitative estimate of drug-likeness (QED) is 0.605. The maximum absolute atomic E-state index is 12.6. The first-order valence-electron chi connectivity index (χ1n) is 7.89. The van der Waals surface area contributed by atoms with Gasteiger partial charge in [0.25, 0.3) is 0 Å². The summed E-state index contributed by atoms with van der Waals surface area (Å²) in [7, 11) is 0. The first kappa shape index (κ1) is 14.3. The Morgan fingerprint density at radius 3 is 2.70 bits per heavy atom. The van der Waals surface area contributed by atoms with Gasteiger partial charge in [0.1, 0.15) is 0 Å². The summed E-state index contributed by atoms with van der Waals surface area (Å²) in [5.41, 5.74) is 3.17. The van der Waals surface area contributed by atoms with E-state index in [4.69, 9.17) is 0 Å². The van der Waals surface area contributed by atoms with Crippen LogP contribution in [0.5, 0.6) is 0 Å². The van der Waals surface area contributed by atoms with Gasteiger partial charge in [-0.15, -0.1) is 0 Å². The fourth-order valence-corrected chi connectivity index (χ4v) is 4.14. The molecule has 2 nitrogen and oxygen atoms in total. The number of allylic oxidation sites excluding steroid dienone is 1. The molecule has 0 bridgehead atoms. The van der Waals surface area contributed by atoms with Crippen molar-refractivity contribution < 1.29 is 4.79 Å². The van der Waals surface area contributed by atoms with Crippen molar-refractivity contribution in [1.82, 2.24) is 4.57 Å². The Morgan fingerprint density at radius 1 is 1.09 bits per heavy atom. The summed E-state index contributed by atoms with van der Waals surface area (Å²) in [4.78, 5) is 14.4. The molecule has 2 heterocycles. The minimum Gasteiger partial charge on any atom is -0.347 e. The third kappa shape index (κ3) is 2.41. The smallest absolute Gasteiger partial charge is 0.200 e. The lowest BCUT2D eigenvalue weighted by Gasteiger charge is -2.01. The van der Waals surface area contributed by atoms with Crippen molar-refractivity contribution in [3.8, 4) is 0 Å². The van der Waals surface area contributed by atoms with Crippen LogP contribution in [0.15, 0.2) is 64.5 Å². The van der Waals surface area contributed by atoms with E-state index in [0.717, 1.165) is 33.9 Å². The van der Waals surface area contributed by atoms with Crippen LogP contribution in [0.3, 0.4) is 0 Å². The number of hydrogen-bond donors (Lipinski definition) is 0. The zero-order valence-corrected chi connectivity index (χ0v) is 13.8. The van der Waals surface area contributed by atoms with Crippen LogP contribution < -0.4 is 0 Å². The van der Waals surface area contributed by atoms with Crippen LogP contribution in [-0.4, -0.2) is 10.4 Å². The number of thioether (sulfide) groups is 1. The van der Waals surface area contributed by atoms with E-state index in [-0.39, 0.29) is 5.78 Å². The second-order valence-electron chi connectivity index (χ2n) is 5.73. The van der Waals surface area contributed by atoms with Crippen LogP contribution in [0.2, 0.25) is 0 Å². The van der Waals surface area contributed by atoms with Gasteiger partial charge in [-0.25, -0.2) is 0 Å². The molecule has 3 aromatic rings. The molecule has 3 heteroatoms. The van der Waals surface area contributed by atoms with E-state index < -0.39 is 0 Å². The van der Waals surface area contributed by atoms with E-state index in [9.17, 15) is 4.79 Å². The maximum atomic E-state index is 12.6. The zero-order valence-electron chi connectivity index (χ0n) is 13.0. The van der Waals surface area contributed by atoms with Crippen molar-refractivity contribution in [2.75, 3.05) is 0 Å². The van der Waals surface area contributed by atoms with Gasteiger partial charge in [-0.2, -0.15) is 0 Å². The number of Topliss-reactive ketones (excluding diaryl/α,β-unsaturated/α-hetero) is 1. The van der Waals surface area contributed by atoms with Gasteiger partial charge in [0.15, 0.2) is 0 Å². The normalized spacial score (nSPS) is 15.5. The van der Waals surface area contributed by atoms with Crippen LogP contribution in [-0.2, 0) is 6.54 Å². The van der Waals surface area contributed by atoms with Gasteiger partial charge in [-0.05, 0) is 30.7 Å². The van der Waals surface area contributed by atoms with E-state index in [2.05, 4.69) is 42.0 Å². The fourth-order valence-electron chi connectivity index (χ4n) is 3.09. The number of para-hydroxylation sites is 1. The predicted molar refractivity (Wildman–Crippen MR) is 96.8 cm³/mol. The summed E-state index contributed by atoms with van der Waals surface area (Å²) < 4.78 is 2.28. The molecule has 0 fully saturated rings. The molecule has 0 radical (unpaired) electrons. The molecule has 0 saturated heterocycles. The number of ketones is 1. The third-order valence-electron chi connectivity index (χ3n) is 4.15. The Morgan fingerprint density at radius 2 is 1.87 bits per heavy atom. The van der Waals surface area contributed by atoms with Crippen LogP contribution in [0, 0.1) is 0 Å². The van der Waals surface area contributed by atoms with Gasteiger partial charge in [0, 0.05) is 39.7 Å². The Balaban J connectivity index is 1.81. The molecule has 23 heavy (non-hydrogen) atoms. The molecular formula is C20H17NOS. The Bertz CT molecular complexity index is 936. The molecule has 0 aliphatic carbocycles. The lowest BCUT2D eigenvalue weighted by Crippen LogP contribution is -1.94. The first-order chi connectivity index (χ1) is 11.3. The molecule has 114 valence electrons. The van der Waals surface area contributed by atoms with Gasteiger partial charge in [0.05, 0.1) is 4.91 Å². The average Bonchev–Trinajstić information content (AvgIpc) is 3.08. The number of fused-ring (bicyclic) bond motifs is 2. The summed E-state index contributed by atoms with van der Waals surface area (Å²) in [5, 5.41) is 1.21. The SMILES string of the molecule is CCCn1cc(/C=C2/Sc3ccccc3C2=O)c2ccccc21. The molecule has 4 rings (SSSR count). The van der Waals surface area contributed by atoms with Crippen molar-refractivity contribution in [2.45, 2.75) is 24.8 Å². The molecule has 0 N–H and O–H groups in total. The number of nitrogens with zero attached hydrogens (tertiary/aromatic N) is 1. The van der Waals surface area contributed by atoms with Gasteiger partial charge < -0.3 is 4.57 Å². The number of aryl methyl sites for hydroxylation is 1. The average molecular weight is 319 g/mol. The maximum Gasteiger partial charge on any atom is 0.200 e. The van der Waals surface area contributed by atoms with E-state index in [0.29, 0.717) is 0 Å². The van der Waals surface area contributed by atoms with Gasteiger partial charge >= 0.3 is 0 Å². The molecule has 1 aliphatic rings. The van der Waals surface area contributed by atoms with Crippen molar-refractivity contribution in [3.05, 3.63) is 70.8 Å². The van der Waals surface area contributed by atoms with Gasteiger partial charge in [-0.1, -0.05) is 49.0 Å². The predicted octanol–water partition coefficient (Wildman–Crippen LogP) is 5.38. The van der Waals surface area contributed by atoms with Crippen LogP contribution in [0.4, 0.5) is 0 Å². The molecule has 0 unspecified atom stereocenters. The molecule has 0 saturated carbocycles. The molecule has 0 atom stereocenters. The molecule has 0 spiro atoms. The second kappa shape index (κ2) is 5.74. The summed E-state index contributed by atoms with van der Waals surface area (Å²) in [6, 6.07) is 16.2. The monoisotopic (exact) mass is 319 g/mol. The molecule has 1 aliphatic heterocycles. The lowest BCUT2D eigenvalue weighted by molar-refractivity contribution is 0.104. The highest BCUT2D eigenvalue weighted by Gasteiger charge is 2.25. The van der Waals surface area contributed by atoms with E-state index in [1.807, 2.05) is 30.3 Å². The molecule has 2 aromatic carbocycles. The van der Waals surface area contributed by atoms with E-state index in [1.165, 1.54) is 10.9 Å². The highest BCUT2D eigenvalue weighted by atomic mass is 32.2. The third-order valence-corrected chi connectivity index (χ3v) is 5.24. The van der Waals surface area contributed by atoms with Crippen molar-refractivity contribution in [3.63, 3.8) is 0 Å². The fraction of sp³-hybridized carbons (Fsp3) is 0.150. The number of benzene rings is 2. The number of aromatic nitrogens is 1. The van der Waals surface area contributed by atoms with Crippen LogP contribution in [0.25, 0.3) is 17.0 Å². The topological polar surface area (TPSA) is 22.0 Å². The number of carbonyl (C=O) groups is 1. The Hall–Kier alpha value is -2.26. The lowest BCUT2D eigenvalue weighted by atomic mass is 10.1. The highest BCUT2D eigenvalue weighted by Crippen LogP contribution is 2.41. The Labute approximate surface area is 139 Å². The van der Waals surface area contributed by atoms with Crippen molar-refractivity contribution in [2.24, 2.45) is 0 Å². The van der Waals surface area contributed by atoms with Gasteiger partial charge in [-0.3, -0.25) is 4.79 Å². The standard InChI is InChI=1S/C20H17NOS/c1-2-11-21-13-14(15-7-3-5-9-17(15)21)12-19-20(22)16-8-4-6-10-18(16)23-19/h3-10,12-13H,2,11H2,1H3/b19-12+. The van der Waals surface area contributed by atoms with E-state index >= 15 is 0 Å². The van der Waals surface area contributed by atoms with Crippen molar-refractivity contribution >= 4 is 34.5 Å². The van der Waals surface area contributed by atoms with Gasteiger partial charge in [0.2, 0.25) is 5.78 Å². The summed E-state index contributed by atoms with van der Waals surface area (Å²) in [5.74, 6) is 0.137. The van der Waals surface area contributed by atoms with Crippen LogP contribution in [0.1, 0.15) is 29.3 Å². The second-order valence-corrected chi connectivity index (χ2v) is 6.81. The van der Waals surface area contributed by atoms with Crippen LogP contribution >= 0.6 is 11.8 Å². The molecular weight excluding hydrogens is 302 g/mol. The minimum atomic E-state index is 0.137. The first-order valence-corrected chi connectivity index (χ1v) is 8.70. The number of carbonyl (C=O) groups excluding carboxylic acids is 1. The number of rotatable bonds is 3. The Kier molecular flexibility index (Phi) is 3.58. The highest BCUT2D eigenvalue weighted by molar-refractivity contribution is 8.04. The molecule has 1 aromatic heterocycles. The summed E-state index contributed by atoms with van der Waals surface area (Å²) in [6.07, 6.45) is 5.30. The molecule has 0 amide bonds. The minimum absolute atomic E-state index is 0.137.